The molecule has 0 aliphatic rings. The van der Waals surface area contributed by atoms with Crippen LogP contribution in [0, 0.1) is 6.92 Å². The predicted molar refractivity (Wildman–Crippen MR) is 107 cm³/mol. The summed E-state index contributed by atoms with van der Waals surface area (Å²) < 4.78 is 0. The number of likely N-dealkylation sites (N-methyl/N-ethyl adjacent to an activating group) is 1. The number of aryl methyl sites for hydroxylation is 1. The minimum absolute atomic E-state index is 0.0800. The van der Waals surface area contributed by atoms with Gasteiger partial charge in [0, 0.05) is 10.7 Å². The van der Waals surface area contributed by atoms with Gasteiger partial charge in [0.05, 0.1) is 22.8 Å². The fourth-order valence-corrected chi connectivity index (χ4v) is 3.21. The number of hydrogen-bond acceptors (Lipinski definition) is 2. The molecule has 5 nitrogen and oxygen atoms in total. The van der Waals surface area contributed by atoms with Crippen LogP contribution < -0.4 is 15.5 Å². The summed E-state index contributed by atoms with van der Waals surface area (Å²) in [7, 11) is 1.75. The second kappa shape index (κ2) is 9.24. The van der Waals surface area contributed by atoms with Gasteiger partial charge in [-0.3, -0.25) is 9.59 Å². The summed E-state index contributed by atoms with van der Waals surface area (Å²) in [5.41, 5.74) is 2.14. The van der Waals surface area contributed by atoms with Crippen LogP contribution in [0.15, 0.2) is 36.4 Å². The molecule has 138 valence electrons. The third-order valence-corrected chi connectivity index (χ3v) is 4.35. The Kier molecular flexibility index (Phi) is 7.29. The van der Waals surface area contributed by atoms with Gasteiger partial charge in [0.25, 0.3) is 11.8 Å². The summed E-state index contributed by atoms with van der Waals surface area (Å²) in [6.45, 7) is 2.20. The maximum atomic E-state index is 12.2. The Bertz CT molecular complexity index is 787. The monoisotopic (exact) mass is 414 g/mol. The molecule has 0 radical (unpaired) electrons. The SMILES string of the molecule is Cc1ccc(NC(=O)C[NH+](C)CC(=O)Nc2c(Cl)cc(Cl)cc2Cl)cc1. The molecule has 0 aromatic heterocycles. The molecule has 0 bridgehead atoms. The second-order valence-corrected chi connectivity index (χ2v) is 7.27. The number of quaternary nitrogens is 1. The Morgan fingerprint density at radius 3 is 1.96 bits per heavy atom. The van der Waals surface area contributed by atoms with Crippen LogP contribution in [0.2, 0.25) is 15.1 Å². The van der Waals surface area contributed by atoms with E-state index in [1.165, 1.54) is 12.1 Å². The molecule has 26 heavy (non-hydrogen) atoms. The summed E-state index contributed by atoms with van der Waals surface area (Å²) >= 11 is 17.9. The zero-order valence-corrected chi connectivity index (χ0v) is 16.6. The lowest BCUT2D eigenvalue weighted by atomic mass is 10.2. The topological polar surface area (TPSA) is 62.6 Å². The molecule has 0 saturated heterocycles. The van der Waals surface area contributed by atoms with Gasteiger partial charge in [0.1, 0.15) is 0 Å². The van der Waals surface area contributed by atoms with Crippen LogP contribution in [-0.2, 0) is 9.59 Å². The van der Waals surface area contributed by atoms with E-state index < -0.39 is 0 Å². The molecule has 2 rings (SSSR count). The van der Waals surface area contributed by atoms with Crippen LogP contribution >= 0.6 is 34.8 Å². The maximum Gasteiger partial charge on any atom is 0.279 e. The van der Waals surface area contributed by atoms with E-state index >= 15 is 0 Å². The number of halogens is 3. The second-order valence-electron chi connectivity index (χ2n) is 6.02. The number of benzene rings is 2. The smallest absolute Gasteiger partial charge is 0.279 e. The zero-order valence-electron chi connectivity index (χ0n) is 14.3. The molecule has 8 heteroatoms. The van der Waals surface area contributed by atoms with Gasteiger partial charge in [-0.2, -0.15) is 0 Å². The first kappa shape index (κ1) is 20.5. The molecule has 0 aliphatic heterocycles. The van der Waals surface area contributed by atoms with Crippen molar-refractivity contribution in [3.63, 3.8) is 0 Å². The molecule has 1 unspecified atom stereocenters. The maximum absolute atomic E-state index is 12.2. The third-order valence-electron chi connectivity index (χ3n) is 3.53. The number of rotatable bonds is 6. The van der Waals surface area contributed by atoms with Crippen LogP contribution in [0.4, 0.5) is 11.4 Å². The van der Waals surface area contributed by atoms with E-state index in [-0.39, 0.29) is 34.9 Å². The fourth-order valence-electron chi connectivity index (χ4n) is 2.30. The molecular weight excluding hydrogens is 397 g/mol. The lowest BCUT2D eigenvalue weighted by Crippen LogP contribution is -3.11. The average Bonchev–Trinajstić information content (AvgIpc) is 2.52. The first-order valence-electron chi connectivity index (χ1n) is 7.87. The van der Waals surface area contributed by atoms with E-state index in [1.807, 2.05) is 31.2 Å². The number of nitrogens with one attached hydrogen (secondary N) is 3. The van der Waals surface area contributed by atoms with E-state index in [0.717, 1.165) is 11.3 Å². The van der Waals surface area contributed by atoms with Gasteiger partial charge in [-0.25, -0.2) is 0 Å². The highest BCUT2D eigenvalue weighted by atomic mass is 35.5. The standard InChI is InChI=1S/C18H18Cl3N3O2/c1-11-3-5-13(6-4-11)22-16(25)9-24(2)10-17(26)23-18-14(20)7-12(19)8-15(18)21/h3-8H,9-10H2,1-2H3,(H,22,25)(H,23,26)/p+1. The first-order chi connectivity index (χ1) is 12.2. The molecule has 0 fully saturated rings. The lowest BCUT2D eigenvalue weighted by molar-refractivity contribution is -0.862. The largest absolute Gasteiger partial charge is 0.322 e. The Hall–Kier alpha value is -1.79. The first-order valence-corrected chi connectivity index (χ1v) is 9.00. The van der Waals surface area contributed by atoms with E-state index in [2.05, 4.69) is 10.6 Å². The predicted octanol–water partition coefficient (Wildman–Crippen LogP) is 3.05. The van der Waals surface area contributed by atoms with Crippen molar-refractivity contribution in [2.24, 2.45) is 0 Å². The number of carbonyl (C=O) groups is 2. The van der Waals surface area contributed by atoms with E-state index in [9.17, 15) is 9.59 Å². The Labute approximate surface area is 167 Å². The number of carbonyl (C=O) groups excluding carboxylic acids is 2. The quantitative estimate of drug-likeness (QED) is 0.679. The molecule has 2 amide bonds. The minimum Gasteiger partial charge on any atom is -0.322 e. The Balaban J connectivity index is 1.87. The van der Waals surface area contributed by atoms with Gasteiger partial charge >= 0.3 is 0 Å². The van der Waals surface area contributed by atoms with Crippen molar-refractivity contribution in [1.82, 2.24) is 0 Å². The van der Waals surface area contributed by atoms with Crippen LogP contribution in [0.25, 0.3) is 0 Å². The van der Waals surface area contributed by atoms with Gasteiger partial charge in [0.15, 0.2) is 13.1 Å². The number of amides is 2. The summed E-state index contributed by atoms with van der Waals surface area (Å²) in [4.78, 5) is 25.0. The third kappa shape index (κ3) is 6.18. The van der Waals surface area contributed by atoms with Crippen molar-refractivity contribution in [3.8, 4) is 0 Å². The summed E-state index contributed by atoms with van der Waals surface area (Å²) in [5, 5.41) is 6.34. The molecule has 0 saturated carbocycles. The lowest BCUT2D eigenvalue weighted by Gasteiger charge is -2.15. The van der Waals surface area contributed by atoms with Crippen LogP contribution in [0.3, 0.4) is 0 Å². The van der Waals surface area contributed by atoms with E-state index in [4.69, 9.17) is 34.8 Å². The van der Waals surface area contributed by atoms with Crippen LogP contribution in [0.1, 0.15) is 5.56 Å². The van der Waals surface area contributed by atoms with Gasteiger partial charge < -0.3 is 15.5 Å². The summed E-state index contributed by atoms with van der Waals surface area (Å²) in [5.74, 6) is -0.488. The van der Waals surface area contributed by atoms with Crippen molar-refractivity contribution in [3.05, 3.63) is 57.0 Å². The molecule has 3 N–H and O–H groups in total. The van der Waals surface area contributed by atoms with Crippen molar-refractivity contribution < 1.29 is 14.5 Å². The van der Waals surface area contributed by atoms with Crippen molar-refractivity contribution in [2.45, 2.75) is 6.92 Å². The minimum atomic E-state index is -0.309. The average molecular weight is 416 g/mol. The summed E-state index contributed by atoms with van der Waals surface area (Å²) in [6, 6.07) is 10.5. The van der Waals surface area contributed by atoms with Gasteiger partial charge in [-0.05, 0) is 31.2 Å². The summed E-state index contributed by atoms with van der Waals surface area (Å²) in [6.07, 6.45) is 0. The van der Waals surface area contributed by atoms with Gasteiger partial charge in [-0.15, -0.1) is 0 Å². The van der Waals surface area contributed by atoms with Gasteiger partial charge in [-0.1, -0.05) is 52.5 Å². The Morgan fingerprint density at radius 2 is 1.42 bits per heavy atom. The molecule has 0 aliphatic carbocycles. The molecule has 2 aromatic carbocycles. The van der Waals surface area contributed by atoms with E-state index in [0.29, 0.717) is 15.6 Å². The van der Waals surface area contributed by atoms with E-state index in [1.54, 1.807) is 7.05 Å². The van der Waals surface area contributed by atoms with Crippen molar-refractivity contribution in [2.75, 3.05) is 30.8 Å². The van der Waals surface area contributed by atoms with Gasteiger partial charge in [0.2, 0.25) is 0 Å². The zero-order chi connectivity index (χ0) is 19.3. The van der Waals surface area contributed by atoms with Crippen LogP contribution in [-0.4, -0.2) is 32.0 Å². The highest BCUT2D eigenvalue weighted by Crippen LogP contribution is 2.33. The Morgan fingerprint density at radius 1 is 0.923 bits per heavy atom. The molecule has 0 spiro atoms. The van der Waals surface area contributed by atoms with Crippen molar-refractivity contribution in [1.29, 1.82) is 0 Å². The molecule has 0 heterocycles. The molecule has 2 aromatic rings. The highest BCUT2D eigenvalue weighted by molar-refractivity contribution is 6.42. The number of anilines is 2. The number of hydrogen-bond donors (Lipinski definition) is 3. The molecule has 1 atom stereocenters. The normalized spacial score (nSPS) is 11.7. The highest BCUT2D eigenvalue weighted by Gasteiger charge is 2.17. The fraction of sp³-hybridized carbons (Fsp3) is 0.222. The van der Waals surface area contributed by atoms with Crippen molar-refractivity contribution >= 4 is 58.0 Å². The van der Waals surface area contributed by atoms with Crippen LogP contribution in [0.5, 0.6) is 0 Å². The molecular formula is C18H19Cl3N3O2+.